The van der Waals surface area contributed by atoms with Crippen LogP contribution in [0.5, 0.6) is 0 Å². The largest absolute Gasteiger partial charge is 0.481 e. The minimum atomic E-state index is -4.32. The third kappa shape index (κ3) is 3.63. The standard InChI is InChI=1S/C12H11F3O3S/c13-12(14,15)19-8-3-1-7(2-4-8)10-9(11(16)17)5-6-18-10/h1-4,9-10H,5-6H2,(H,16,17). The lowest BCUT2D eigenvalue weighted by molar-refractivity contribution is -0.143. The molecule has 3 nitrogen and oxygen atoms in total. The first-order chi connectivity index (χ1) is 8.87. The number of alkyl halides is 3. The maximum atomic E-state index is 12.2. The van der Waals surface area contributed by atoms with Gasteiger partial charge in [-0.2, -0.15) is 13.2 Å². The Hall–Kier alpha value is -1.21. The Morgan fingerprint density at radius 3 is 2.47 bits per heavy atom. The van der Waals surface area contributed by atoms with E-state index in [2.05, 4.69) is 0 Å². The van der Waals surface area contributed by atoms with Crippen molar-refractivity contribution in [3.63, 3.8) is 0 Å². The van der Waals surface area contributed by atoms with E-state index in [9.17, 15) is 18.0 Å². The van der Waals surface area contributed by atoms with Crippen molar-refractivity contribution in [3.8, 4) is 0 Å². The molecule has 1 saturated heterocycles. The fourth-order valence-electron chi connectivity index (χ4n) is 2.03. The van der Waals surface area contributed by atoms with Crippen molar-refractivity contribution in [2.45, 2.75) is 22.9 Å². The van der Waals surface area contributed by atoms with Gasteiger partial charge in [-0.1, -0.05) is 12.1 Å². The van der Waals surface area contributed by atoms with Gasteiger partial charge in [0.05, 0.1) is 12.0 Å². The molecule has 104 valence electrons. The van der Waals surface area contributed by atoms with Crippen molar-refractivity contribution in [2.75, 3.05) is 6.61 Å². The highest BCUT2D eigenvalue weighted by Crippen LogP contribution is 2.39. The molecule has 1 aromatic carbocycles. The molecule has 1 fully saturated rings. The average Bonchev–Trinajstić information content (AvgIpc) is 2.76. The lowest BCUT2D eigenvalue weighted by Gasteiger charge is -2.15. The molecular weight excluding hydrogens is 281 g/mol. The first kappa shape index (κ1) is 14.2. The highest BCUT2D eigenvalue weighted by Gasteiger charge is 2.35. The van der Waals surface area contributed by atoms with Gasteiger partial charge < -0.3 is 9.84 Å². The van der Waals surface area contributed by atoms with Crippen molar-refractivity contribution < 1.29 is 27.8 Å². The molecule has 1 aliphatic rings. The molecule has 0 amide bonds. The van der Waals surface area contributed by atoms with Gasteiger partial charge in [0, 0.05) is 11.5 Å². The molecule has 1 aliphatic heterocycles. The van der Waals surface area contributed by atoms with Crippen molar-refractivity contribution >= 4 is 17.7 Å². The molecule has 1 N–H and O–H groups in total. The number of hydrogen-bond acceptors (Lipinski definition) is 3. The molecule has 0 saturated carbocycles. The van der Waals surface area contributed by atoms with Gasteiger partial charge in [0.1, 0.15) is 0 Å². The van der Waals surface area contributed by atoms with Crippen LogP contribution < -0.4 is 0 Å². The minimum Gasteiger partial charge on any atom is -0.481 e. The van der Waals surface area contributed by atoms with Gasteiger partial charge in [0.25, 0.3) is 0 Å². The summed E-state index contributed by atoms with van der Waals surface area (Å²) in [6.45, 7) is 0.348. The fraction of sp³-hybridized carbons (Fsp3) is 0.417. The highest BCUT2D eigenvalue weighted by molar-refractivity contribution is 8.00. The summed E-state index contributed by atoms with van der Waals surface area (Å²) in [6, 6.07) is 5.63. The predicted molar refractivity (Wildman–Crippen MR) is 62.8 cm³/mol. The second-order valence-corrected chi connectivity index (χ2v) is 5.28. The van der Waals surface area contributed by atoms with Crippen LogP contribution in [0.1, 0.15) is 18.1 Å². The number of halogens is 3. The summed E-state index contributed by atoms with van der Waals surface area (Å²) >= 11 is -0.198. The Bertz CT molecular complexity index is 458. The van der Waals surface area contributed by atoms with E-state index >= 15 is 0 Å². The minimum absolute atomic E-state index is 0.0705. The van der Waals surface area contributed by atoms with Crippen LogP contribution in [-0.2, 0) is 9.53 Å². The quantitative estimate of drug-likeness (QED) is 0.867. The van der Waals surface area contributed by atoms with E-state index in [1.807, 2.05) is 0 Å². The monoisotopic (exact) mass is 292 g/mol. The predicted octanol–water partition coefficient (Wildman–Crippen LogP) is 3.46. The van der Waals surface area contributed by atoms with Crippen molar-refractivity contribution in [2.24, 2.45) is 5.92 Å². The summed E-state index contributed by atoms with van der Waals surface area (Å²) in [5.41, 5.74) is -3.73. The first-order valence-corrected chi connectivity index (χ1v) is 6.38. The summed E-state index contributed by atoms with van der Waals surface area (Å²) in [5.74, 6) is -1.59. The molecule has 1 heterocycles. The third-order valence-electron chi connectivity index (χ3n) is 2.85. The zero-order chi connectivity index (χ0) is 14.0. The SMILES string of the molecule is O=C(O)C1CCOC1c1ccc(SC(F)(F)F)cc1. The van der Waals surface area contributed by atoms with Crippen LogP contribution in [-0.4, -0.2) is 23.2 Å². The number of carbonyl (C=O) groups is 1. The van der Waals surface area contributed by atoms with E-state index in [1.165, 1.54) is 24.3 Å². The number of carboxylic acid groups (broad SMARTS) is 1. The summed E-state index contributed by atoms with van der Waals surface area (Å²) in [5, 5.41) is 9.02. The summed E-state index contributed by atoms with van der Waals surface area (Å²) in [4.78, 5) is 11.1. The zero-order valence-corrected chi connectivity index (χ0v) is 10.5. The molecule has 0 bridgehead atoms. The summed E-state index contributed by atoms with van der Waals surface area (Å²) < 4.78 is 41.9. The molecule has 0 aromatic heterocycles. The average molecular weight is 292 g/mol. The molecule has 1 aromatic rings. The maximum absolute atomic E-state index is 12.2. The van der Waals surface area contributed by atoms with Crippen LogP contribution in [0.15, 0.2) is 29.2 Å². The molecule has 2 unspecified atom stereocenters. The normalized spacial score (nSPS) is 23.5. The van der Waals surface area contributed by atoms with Gasteiger partial charge in [-0.05, 0) is 35.9 Å². The summed E-state index contributed by atoms with van der Waals surface area (Å²) in [7, 11) is 0. The van der Waals surface area contributed by atoms with Gasteiger partial charge in [-0.15, -0.1) is 0 Å². The van der Waals surface area contributed by atoms with Crippen LogP contribution in [0.2, 0.25) is 0 Å². The number of thioether (sulfide) groups is 1. The Kier molecular flexibility index (Phi) is 4.05. The van der Waals surface area contributed by atoms with Crippen LogP contribution in [0.3, 0.4) is 0 Å². The third-order valence-corrected chi connectivity index (χ3v) is 3.59. The highest BCUT2D eigenvalue weighted by atomic mass is 32.2. The molecule has 0 radical (unpaired) electrons. The number of ether oxygens (including phenoxy) is 1. The molecule has 7 heteroatoms. The van der Waals surface area contributed by atoms with Crippen molar-refractivity contribution in [1.29, 1.82) is 0 Å². The van der Waals surface area contributed by atoms with Crippen LogP contribution in [0, 0.1) is 5.92 Å². The van der Waals surface area contributed by atoms with Crippen molar-refractivity contribution in [1.82, 2.24) is 0 Å². The van der Waals surface area contributed by atoms with Crippen LogP contribution in [0.4, 0.5) is 13.2 Å². The Labute approximate surface area is 111 Å². The lowest BCUT2D eigenvalue weighted by Crippen LogP contribution is -2.17. The van der Waals surface area contributed by atoms with Crippen LogP contribution >= 0.6 is 11.8 Å². The number of aliphatic carboxylic acids is 1. The van der Waals surface area contributed by atoms with Gasteiger partial charge in [0.2, 0.25) is 0 Å². The van der Waals surface area contributed by atoms with E-state index in [1.54, 1.807) is 0 Å². The van der Waals surface area contributed by atoms with E-state index in [-0.39, 0.29) is 16.7 Å². The van der Waals surface area contributed by atoms with Gasteiger partial charge >= 0.3 is 11.5 Å². The van der Waals surface area contributed by atoms with Crippen LogP contribution in [0.25, 0.3) is 0 Å². The molecule has 2 rings (SSSR count). The topological polar surface area (TPSA) is 46.5 Å². The molecule has 0 aliphatic carbocycles. The van der Waals surface area contributed by atoms with Gasteiger partial charge in [-0.25, -0.2) is 0 Å². The zero-order valence-electron chi connectivity index (χ0n) is 9.68. The second kappa shape index (κ2) is 5.42. The first-order valence-electron chi connectivity index (χ1n) is 5.57. The molecule has 19 heavy (non-hydrogen) atoms. The lowest BCUT2D eigenvalue weighted by atomic mass is 9.96. The molecule has 2 atom stereocenters. The van der Waals surface area contributed by atoms with E-state index < -0.39 is 23.5 Å². The molecule has 0 spiro atoms. The smallest absolute Gasteiger partial charge is 0.446 e. The van der Waals surface area contributed by atoms with E-state index in [0.29, 0.717) is 18.6 Å². The molecular formula is C12H11F3O3S. The Balaban J connectivity index is 2.12. The number of hydrogen-bond donors (Lipinski definition) is 1. The maximum Gasteiger partial charge on any atom is 0.446 e. The van der Waals surface area contributed by atoms with Gasteiger partial charge in [0.15, 0.2) is 0 Å². The number of benzene rings is 1. The Morgan fingerprint density at radius 1 is 1.32 bits per heavy atom. The van der Waals surface area contributed by atoms with Crippen molar-refractivity contribution in [3.05, 3.63) is 29.8 Å². The number of rotatable bonds is 3. The second-order valence-electron chi connectivity index (χ2n) is 4.14. The summed E-state index contributed by atoms with van der Waals surface area (Å²) in [6.07, 6.45) is -0.165. The fourth-order valence-corrected chi connectivity index (χ4v) is 2.57. The van der Waals surface area contributed by atoms with E-state index in [0.717, 1.165) is 0 Å². The number of carboxylic acids is 1. The Morgan fingerprint density at radius 2 is 1.95 bits per heavy atom. The van der Waals surface area contributed by atoms with E-state index in [4.69, 9.17) is 9.84 Å². The van der Waals surface area contributed by atoms with Gasteiger partial charge in [-0.3, -0.25) is 4.79 Å².